The van der Waals surface area contributed by atoms with Crippen LogP contribution < -0.4 is 9.47 Å². The van der Waals surface area contributed by atoms with Crippen LogP contribution in [0.2, 0.25) is 0 Å². The van der Waals surface area contributed by atoms with Crippen LogP contribution in [0.15, 0.2) is 66.9 Å². The molecule has 0 atom stereocenters. The first kappa shape index (κ1) is 19.1. The molecule has 0 aliphatic carbocycles. The van der Waals surface area contributed by atoms with E-state index in [-0.39, 0.29) is 5.82 Å². The zero-order chi connectivity index (χ0) is 21.5. The summed E-state index contributed by atoms with van der Waals surface area (Å²) in [7, 11) is 3.21. The number of aryl methyl sites for hydroxylation is 1. The van der Waals surface area contributed by atoms with Crippen molar-refractivity contribution in [1.82, 2.24) is 14.8 Å². The molecular weight excluding hydrogens is 393 g/mol. The van der Waals surface area contributed by atoms with E-state index in [1.54, 1.807) is 32.5 Å². The molecule has 0 aliphatic rings. The number of aromatic nitrogens is 3. The molecule has 5 nitrogen and oxygen atoms in total. The van der Waals surface area contributed by atoms with Gasteiger partial charge in [-0.1, -0.05) is 17.7 Å². The van der Waals surface area contributed by atoms with Gasteiger partial charge in [-0.2, -0.15) is 5.10 Å². The summed E-state index contributed by atoms with van der Waals surface area (Å²) < 4.78 is 26.4. The molecule has 0 saturated heterocycles. The summed E-state index contributed by atoms with van der Waals surface area (Å²) in [6, 6.07) is 18.3. The van der Waals surface area contributed by atoms with E-state index in [4.69, 9.17) is 14.6 Å². The second-order valence-electron chi connectivity index (χ2n) is 7.35. The molecule has 5 rings (SSSR count). The van der Waals surface area contributed by atoms with Gasteiger partial charge in [0.2, 0.25) is 0 Å². The first-order chi connectivity index (χ1) is 15.1. The minimum atomic E-state index is -0.286. The van der Waals surface area contributed by atoms with Crippen LogP contribution in [0, 0.1) is 12.7 Å². The SMILES string of the molecule is COc1cc2ncc3c(-c4ccc(F)cc4)nn(-c4ccc(C)cc4)c3c2cc1OC. The molecule has 31 heavy (non-hydrogen) atoms. The van der Waals surface area contributed by atoms with E-state index in [0.29, 0.717) is 11.5 Å². The number of benzene rings is 3. The van der Waals surface area contributed by atoms with Gasteiger partial charge in [-0.15, -0.1) is 0 Å². The number of nitrogens with zero attached hydrogens (tertiary/aromatic N) is 3. The van der Waals surface area contributed by atoms with Crippen molar-refractivity contribution in [3.8, 4) is 28.4 Å². The van der Waals surface area contributed by atoms with Crippen LogP contribution in [-0.2, 0) is 0 Å². The molecule has 2 aromatic heterocycles. The maximum absolute atomic E-state index is 13.5. The Kier molecular flexibility index (Phi) is 4.55. The number of pyridine rings is 1. The van der Waals surface area contributed by atoms with Gasteiger partial charge in [-0.05, 0) is 49.4 Å². The van der Waals surface area contributed by atoms with Gasteiger partial charge >= 0.3 is 0 Å². The summed E-state index contributed by atoms with van der Waals surface area (Å²) in [6.45, 7) is 2.05. The molecule has 0 aliphatic heterocycles. The number of halogens is 1. The third-order valence-corrected chi connectivity index (χ3v) is 5.41. The highest BCUT2D eigenvalue weighted by Gasteiger charge is 2.19. The first-order valence-electron chi connectivity index (χ1n) is 9.85. The van der Waals surface area contributed by atoms with Crippen molar-refractivity contribution < 1.29 is 13.9 Å². The van der Waals surface area contributed by atoms with E-state index < -0.39 is 0 Å². The van der Waals surface area contributed by atoms with Crippen molar-refractivity contribution in [3.63, 3.8) is 0 Å². The summed E-state index contributed by atoms with van der Waals surface area (Å²) in [5, 5.41) is 6.67. The van der Waals surface area contributed by atoms with Gasteiger partial charge in [0.05, 0.1) is 30.9 Å². The fraction of sp³-hybridized carbons (Fsp3) is 0.120. The van der Waals surface area contributed by atoms with Crippen molar-refractivity contribution in [2.75, 3.05) is 14.2 Å². The largest absolute Gasteiger partial charge is 0.493 e. The number of ether oxygens (including phenoxy) is 2. The Hall–Kier alpha value is -3.93. The third-order valence-electron chi connectivity index (χ3n) is 5.41. The van der Waals surface area contributed by atoms with Gasteiger partial charge in [0.15, 0.2) is 11.5 Å². The predicted molar refractivity (Wildman–Crippen MR) is 120 cm³/mol. The molecule has 0 spiro atoms. The van der Waals surface area contributed by atoms with Crippen LogP contribution in [-0.4, -0.2) is 29.0 Å². The van der Waals surface area contributed by atoms with Crippen LogP contribution in [0.5, 0.6) is 11.5 Å². The molecule has 0 radical (unpaired) electrons. The maximum Gasteiger partial charge on any atom is 0.162 e. The van der Waals surface area contributed by atoms with Gasteiger partial charge < -0.3 is 9.47 Å². The topological polar surface area (TPSA) is 49.2 Å². The van der Waals surface area contributed by atoms with Crippen molar-refractivity contribution >= 4 is 21.8 Å². The normalized spacial score (nSPS) is 11.2. The Bertz CT molecular complexity index is 1410. The molecule has 6 heteroatoms. The minimum absolute atomic E-state index is 0.286. The second-order valence-corrected chi connectivity index (χ2v) is 7.35. The third kappa shape index (κ3) is 3.17. The van der Waals surface area contributed by atoms with Gasteiger partial charge in [0.1, 0.15) is 11.5 Å². The Labute approximate surface area is 178 Å². The number of hydrogen-bond donors (Lipinski definition) is 0. The zero-order valence-electron chi connectivity index (χ0n) is 17.4. The van der Waals surface area contributed by atoms with Crippen LogP contribution in [0.3, 0.4) is 0 Å². The molecule has 0 fully saturated rings. The van der Waals surface area contributed by atoms with Crippen molar-refractivity contribution in [2.45, 2.75) is 6.92 Å². The van der Waals surface area contributed by atoms with Crippen molar-refractivity contribution in [1.29, 1.82) is 0 Å². The van der Waals surface area contributed by atoms with E-state index in [2.05, 4.69) is 4.98 Å². The molecule has 0 N–H and O–H groups in total. The van der Waals surface area contributed by atoms with Gasteiger partial charge in [-0.3, -0.25) is 4.98 Å². The van der Waals surface area contributed by atoms with E-state index in [1.807, 2.05) is 48.0 Å². The fourth-order valence-corrected chi connectivity index (χ4v) is 3.80. The molecule has 0 saturated carbocycles. The van der Waals surface area contributed by atoms with E-state index in [9.17, 15) is 4.39 Å². The molecule has 3 aromatic carbocycles. The smallest absolute Gasteiger partial charge is 0.162 e. The highest BCUT2D eigenvalue weighted by molar-refractivity contribution is 6.09. The number of fused-ring (bicyclic) bond motifs is 3. The molecule has 154 valence electrons. The predicted octanol–water partition coefficient (Wildman–Crippen LogP) is 5.71. The summed E-state index contributed by atoms with van der Waals surface area (Å²) in [4.78, 5) is 4.66. The molecule has 0 amide bonds. The lowest BCUT2D eigenvalue weighted by atomic mass is 10.1. The van der Waals surface area contributed by atoms with Crippen molar-refractivity contribution in [3.05, 3.63) is 78.2 Å². The van der Waals surface area contributed by atoms with Gasteiger partial charge in [0.25, 0.3) is 0 Å². The molecular formula is C25H20FN3O2. The molecule has 0 unspecified atom stereocenters. The fourth-order valence-electron chi connectivity index (χ4n) is 3.80. The number of rotatable bonds is 4. The average Bonchev–Trinajstić information content (AvgIpc) is 3.19. The zero-order valence-corrected chi connectivity index (χ0v) is 17.4. The maximum atomic E-state index is 13.5. The lowest BCUT2D eigenvalue weighted by Gasteiger charge is -2.11. The quantitative estimate of drug-likeness (QED) is 0.379. The van der Waals surface area contributed by atoms with Crippen LogP contribution in [0.4, 0.5) is 4.39 Å². The Balaban J connectivity index is 1.89. The van der Waals surface area contributed by atoms with Crippen LogP contribution in [0.1, 0.15) is 5.56 Å². The summed E-state index contributed by atoms with van der Waals surface area (Å²) >= 11 is 0. The molecule has 5 aromatic rings. The van der Waals surface area contributed by atoms with Gasteiger partial charge in [0, 0.05) is 28.6 Å². The Morgan fingerprint density at radius 3 is 2.19 bits per heavy atom. The number of hydrogen-bond acceptors (Lipinski definition) is 4. The summed E-state index contributed by atoms with van der Waals surface area (Å²) in [6.07, 6.45) is 1.81. The van der Waals surface area contributed by atoms with E-state index >= 15 is 0 Å². The first-order valence-corrected chi connectivity index (χ1v) is 9.85. The molecule has 0 bridgehead atoms. The Morgan fingerprint density at radius 1 is 0.839 bits per heavy atom. The van der Waals surface area contributed by atoms with Crippen LogP contribution in [0.25, 0.3) is 38.8 Å². The Morgan fingerprint density at radius 2 is 1.52 bits per heavy atom. The summed E-state index contributed by atoms with van der Waals surface area (Å²) in [5.74, 6) is 0.942. The second kappa shape index (κ2) is 7.40. The van der Waals surface area contributed by atoms with Crippen molar-refractivity contribution in [2.24, 2.45) is 0 Å². The number of methoxy groups -OCH3 is 2. The monoisotopic (exact) mass is 413 g/mol. The average molecular weight is 413 g/mol. The summed E-state index contributed by atoms with van der Waals surface area (Å²) in [5.41, 5.74) is 5.31. The molecule has 2 heterocycles. The van der Waals surface area contributed by atoms with Crippen LogP contribution >= 0.6 is 0 Å². The standard InChI is InChI=1S/C25H20FN3O2/c1-15-4-10-18(11-5-15)29-25-19-12-22(30-2)23(31-3)13-21(19)27-14-20(25)24(28-29)16-6-8-17(26)9-7-16/h4-14H,1-3H3. The van der Waals surface area contributed by atoms with E-state index in [1.165, 1.54) is 12.1 Å². The van der Waals surface area contributed by atoms with E-state index in [0.717, 1.165) is 44.3 Å². The minimum Gasteiger partial charge on any atom is -0.493 e. The highest BCUT2D eigenvalue weighted by Crippen LogP contribution is 2.38. The lowest BCUT2D eigenvalue weighted by Crippen LogP contribution is -1.98. The highest BCUT2D eigenvalue weighted by atomic mass is 19.1. The van der Waals surface area contributed by atoms with Gasteiger partial charge in [-0.25, -0.2) is 9.07 Å². The lowest BCUT2D eigenvalue weighted by molar-refractivity contribution is 0.356.